The van der Waals surface area contributed by atoms with E-state index in [1.54, 1.807) is 6.26 Å². The van der Waals surface area contributed by atoms with Gasteiger partial charge in [0.2, 0.25) is 5.89 Å². The number of benzene rings is 1. The minimum atomic E-state index is 0.618. The zero-order valence-electron chi connectivity index (χ0n) is 9.93. The second-order valence-electron chi connectivity index (χ2n) is 3.85. The lowest BCUT2D eigenvalue weighted by Crippen LogP contribution is -1.99. The first kappa shape index (κ1) is 13.5. The molecule has 5 heteroatoms. The smallest absolute Gasteiger partial charge is 0.226 e. The van der Waals surface area contributed by atoms with Gasteiger partial charge < -0.3 is 10.2 Å². The van der Waals surface area contributed by atoms with Crippen molar-refractivity contribution in [2.75, 3.05) is 12.3 Å². The summed E-state index contributed by atoms with van der Waals surface area (Å²) < 4.78 is 5.45. The molecular weight excluding hydrogens is 268 g/mol. The van der Waals surface area contributed by atoms with Crippen molar-refractivity contribution in [3.63, 3.8) is 0 Å². The Morgan fingerprint density at radius 3 is 3.06 bits per heavy atom. The lowest BCUT2D eigenvalue weighted by molar-refractivity contribution is 0.573. The first-order valence-corrected chi connectivity index (χ1v) is 7.31. The average Bonchev–Trinajstić information content (AvgIpc) is 2.83. The maximum atomic E-state index is 5.93. The van der Waals surface area contributed by atoms with Crippen LogP contribution < -0.4 is 5.73 Å². The van der Waals surface area contributed by atoms with E-state index in [2.05, 4.69) is 4.98 Å². The van der Waals surface area contributed by atoms with Gasteiger partial charge in [0, 0.05) is 16.3 Å². The number of oxazole rings is 1. The molecule has 1 aromatic carbocycles. The van der Waals surface area contributed by atoms with Gasteiger partial charge in [-0.05, 0) is 36.9 Å². The Morgan fingerprint density at radius 1 is 1.39 bits per heavy atom. The molecule has 0 amide bonds. The number of thioether (sulfide) groups is 1. The topological polar surface area (TPSA) is 52.0 Å². The molecule has 96 valence electrons. The third kappa shape index (κ3) is 3.77. The van der Waals surface area contributed by atoms with E-state index in [0.29, 0.717) is 10.9 Å². The number of nitrogens with zero attached hydrogens (tertiary/aromatic N) is 1. The van der Waals surface area contributed by atoms with E-state index in [1.807, 2.05) is 36.0 Å². The predicted octanol–water partition coefficient (Wildman–Crippen LogP) is 3.58. The zero-order valence-corrected chi connectivity index (χ0v) is 11.5. The van der Waals surface area contributed by atoms with Gasteiger partial charge in [0.1, 0.15) is 6.26 Å². The van der Waals surface area contributed by atoms with Gasteiger partial charge in [-0.2, -0.15) is 11.8 Å². The fourth-order valence-electron chi connectivity index (χ4n) is 1.49. The monoisotopic (exact) mass is 282 g/mol. The van der Waals surface area contributed by atoms with Crippen LogP contribution >= 0.6 is 23.4 Å². The molecule has 0 radical (unpaired) electrons. The fraction of sp³-hybridized carbons (Fsp3) is 0.308. The normalized spacial score (nSPS) is 10.8. The first-order chi connectivity index (χ1) is 8.79. The molecule has 2 rings (SSSR count). The number of nitrogens with two attached hydrogens (primary N) is 1. The van der Waals surface area contributed by atoms with Crippen LogP contribution in [-0.2, 0) is 5.75 Å². The second kappa shape index (κ2) is 6.83. The fourth-order valence-corrected chi connectivity index (χ4v) is 2.54. The van der Waals surface area contributed by atoms with Crippen molar-refractivity contribution < 1.29 is 4.42 Å². The number of hydrogen-bond donors (Lipinski definition) is 1. The van der Waals surface area contributed by atoms with Gasteiger partial charge in [-0.15, -0.1) is 0 Å². The third-order valence-corrected chi connectivity index (χ3v) is 3.68. The Hall–Kier alpha value is -0.970. The highest BCUT2D eigenvalue weighted by Gasteiger charge is 2.06. The molecule has 0 fully saturated rings. The van der Waals surface area contributed by atoms with Crippen LogP contribution in [0, 0.1) is 0 Å². The first-order valence-electron chi connectivity index (χ1n) is 5.78. The van der Waals surface area contributed by atoms with E-state index in [0.717, 1.165) is 35.7 Å². The SMILES string of the molecule is NCCCSCc1coc(-c2cccc(Cl)c2)n1. The number of hydrogen-bond acceptors (Lipinski definition) is 4. The van der Waals surface area contributed by atoms with Crippen molar-refractivity contribution in [2.45, 2.75) is 12.2 Å². The Kier molecular flexibility index (Phi) is 5.11. The molecule has 0 aliphatic heterocycles. The van der Waals surface area contributed by atoms with Crippen molar-refractivity contribution in [3.8, 4) is 11.5 Å². The molecule has 0 spiro atoms. The summed E-state index contributed by atoms with van der Waals surface area (Å²) in [6.07, 6.45) is 2.73. The van der Waals surface area contributed by atoms with Gasteiger partial charge in [-0.3, -0.25) is 0 Å². The molecular formula is C13H15ClN2OS. The number of aromatic nitrogens is 1. The van der Waals surface area contributed by atoms with Crippen LogP contribution in [0.15, 0.2) is 34.9 Å². The molecule has 0 saturated heterocycles. The average molecular weight is 283 g/mol. The Labute approximate surface area is 116 Å². The van der Waals surface area contributed by atoms with E-state index in [1.165, 1.54) is 0 Å². The standard InChI is InChI=1S/C13H15ClN2OS/c14-11-4-1-3-10(7-11)13-16-12(8-17-13)9-18-6-2-5-15/h1,3-4,7-8H,2,5-6,9,15H2. The van der Waals surface area contributed by atoms with Crippen molar-refractivity contribution in [1.82, 2.24) is 4.98 Å². The molecule has 0 unspecified atom stereocenters. The highest BCUT2D eigenvalue weighted by Crippen LogP contribution is 2.23. The molecule has 0 saturated carbocycles. The van der Waals surface area contributed by atoms with Gasteiger partial charge in [0.25, 0.3) is 0 Å². The molecule has 18 heavy (non-hydrogen) atoms. The predicted molar refractivity (Wildman–Crippen MR) is 76.8 cm³/mol. The van der Waals surface area contributed by atoms with Crippen LogP contribution in [0.1, 0.15) is 12.1 Å². The maximum Gasteiger partial charge on any atom is 0.226 e. The maximum absolute atomic E-state index is 5.93. The molecule has 2 aromatic rings. The Balaban J connectivity index is 1.97. The van der Waals surface area contributed by atoms with Crippen LogP contribution in [0.4, 0.5) is 0 Å². The summed E-state index contributed by atoms with van der Waals surface area (Å²) in [5, 5.41) is 0.685. The molecule has 0 bridgehead atoms. The summed E-state index contributed by atoms with van der Waals surface area (Å²) in [5.41, 5.74) is 7.30. The minimum Gasteiger partial charge on any atom is -0.444 e. The summed E-state index contributed by atoms with van der Waals surface area (Å²) in [6.45, 7) is 0.736. The van der Waals surface area contributed by atoms with Gasteiger partial charge in [0.05, 0.1) is 5.69 Å². The Bertz CT molecular complexity index is 501. The van der Waals surface area contributed by atoms with Crippen LogP contribution in [0.5, 0.6) is 0 Å². The van der Waals surface area contributed by atoms with E-state index in [-0.39, 0.29) is 0 Å². The molecule has 0 aliphatic carbocycles. The summed E-state index contributed by atoms with van der Waals surface area (Å²) in [5.74, 6) is 2.52. The molecule has 3 nitrogen and oxygen atoms in total. The minimum absolute atomic E-state index is 0.618. The number of rotatable bonds is 6. The van der Waals surface area contributed by atoms with Crippen molar-refractivity contribution in [3.05, 3.63) is 41.2 Å². The lowest BCUT2D eigenvalue weighted by Gasteiger charge is -1.96. The van der Waals surface area contributed by atoms with E-state index in [4.69, 9.17) is 21.8 Å². The third-order valence-electron chi connectivity index (χ3n) is 2.37. The van der Waals surface area contributed by atoms with Crippen LogP contribution in [-0.4, -0.2) is 17.3 Å². The number of halogens is 1. The van der Waals surface area contributed by atoms with Gasteiger partial charge in [-0.1, -0.05) is 17.7 Å². The summed E-state index contributed by atoms with van der Waals surface area (Å²) in [7, 11) is 0. The Morgan fingerprint density at radius 2 is 2.28 bits per heavy atom. The van der Waals surface area contributed by atoms with E-state index in [9.17, 15) is 0 Å². The quantitative estimate of drug-likeness (QED) is 0.823. The van der Waals surface area contributed by atoms with Gasteiger partial charge in [-0.25, -0.2) is 4.98 Å². The summed E-state index contributed by atoms with van der Waals surface area (Å²) >= 11 is 7.75. The highest BCUT2D eigenvalue weighted by molar-refractivity contribution is 7.98. The van der Waals surface area contributed by atoms with Crippen molar-refractivity contribution in [1.29, 1.82) is 0 Å². The largest absolute Gasteiger partial charge is 0.444 e. The highest BCUT2D eigenvalue weighted by atomic mass is 35.5. The molecule has 1 heterocycles. The summed E-state index contributed by atoms with van der Waals surface area (Å²) in [4.78, 5) is 4.44. The van der Waals surface area contributed by atoms with Crippen molar-refractivity contribution in [2.24, 2.45) is 5.73 Å². The second-order valence-corrected chi connectivity index (χ2v) is 5.39. The van der Waals surface area contributed by atoms with Crippen LogP contribution in [0.3, 0.4) is 0 Å². The van der Waals surface area contributed by atoms with Crippen LogP contribution in [0.2, 0.25) is 5.02 Å². The molecule has 2 N–H and O–H groups in total. The summed E-state index contributed by atoms with van der Waals surface area (Å²) in [6, 6.07) is 7.50. The van der Waals surface area contributed by atoms with E-state index >= 15 is 0 Å². The van der Waals surface area contributed by atoms with Gasteiger partial charge in [0.15, 0.2) is 0 Å². The molecule has 0 aliphatic rings. The van der Waals surface area contributed by atoms with Gasteiger partial charge >= 0.3 is 0 Å². The van der Waals surface area contributed by atoms with E-state index < -0.39 is 0 Å². The molecule has 1 aromatic heterocycles. The zero-order chi connectivity index (χ0) is 12.8. The van der Waals surface area contributed by atoms with Crippen LogP contribution in [0.25, 0.3) is 11.5 Å². The molecule has 0 atom stereocenters. The van der Waals surface area contributed by atoms with Crippen molar-refractivity contribution >= 4 is 23.4 Å². The lowest BCUT2D eigenvalue weighted by atomic mass is 10.2.